The number of aromatic nitrogens is 2. The Bertz CT molecular complexity index is 482. The molecular formula is C13H21BrN4O3. The fourth-order valence-corrected chi connectivity index (χ4v) is 1.77. The first-order valence-corrected chi connectivity index (χ1v) is 7.47. The zero-order valence-electron chi connectivity index (χ0n) is 12.5. The Morgan fingerprint density at radius 1 is 1.33 bits per heavy atom. The lowest BCUT2D eigenvalue weighted by Gasteiger charge is -2.19. The minimum atomic E-state index is -0.522. The maximum Gasteiger partial charge on any atom is 0.407 e. The summed E-state index contributed by atoms with van der Waals surface area (Å²) in [7, 11) is 0. The average Bonchev–Trinajstić information content (AvgIpc) is 2.76. The van der Waals surface area contributed by atoms with Crippen LogP contribution in [-0.2, 0) is 16.1 Å². The monoisotopic (exact) mass is 360 g/mol. The lowest BCUT2D eigenvalue weighted by Crippen LogP contribution is -2.38. The number of carbonyl (C=O) groups is 2. The Labute approximate surface area is 132 Å². The number of amides is 2. The molecule has 0 aliphatic rings. The predicted molar refractivity (Wildman–Crippen MR) is 81.8 cm³/mol. The second kappa shape index (κ2) is 8.02. The van der Waals surface area contributed by atoms with Gasteiger partial charge in [-0.25, -0.2) is 4.79 Å². The molecule has 2 N–H and O–H groups in total. The zero-order chi connectivity index (χ0) is 15.9. The van der Waals surface area contributed by atoms with Crippen LogP contribution in [0, 0.1) is 0 Å². The van der Waals surface area contributed by atoms with E-state index in [0.717, 1.165) is 4.47 Å². The van der Waals surface area contributed by atoms with Crippen LogP contribution in [0.25, 0.3) is 0 Å². The number of hydrogen-bond acceptors (Lipinski definition) is 4. The third-order valence-electron chi connectivity index (χ3n) is 2.29. The van der Waals surface area contributed by atoms with Crippen LogP contribution in [0.1, 0.15) is 27.2 Å². The van der Waals surface area contributed by atoms with Gasteiger partial charge >= 0.3 is 6.09 Å². The van der Waals surface area contributed by atoms with E-state index in [1.807, 2.05) is 0 Å². The number of alkyl carbamates (subject to hydrolysis) is 1. The van der Waals surface area contributed by atoms with Crippen LogP contribution in [0.5, 0.6) is 0 Å². The first-order valence-electron chi connectivity index (χ1n) is 6.68. The second-order valence-electron chi connectivity index (χ2n) is 5.45. The summed E-state index contributed by atoms with van der Waals surface area (Å²) in [4.78, 5) is 22.9. The third-order valence-corrected chi connectivity index (χ3v) is 2.69. The molecule has 0 radical (unpaired) electrons. The van der Waals surface area contributed by atoms with Crippen molar-refractivity contribution in [1.29, 1.82) is 0 Å². The Kier molecular flexibility index (Phi) is 6.67. The molecule has 0 bridgehead atoms. The van der Waals surface area contributed by atoms with E-state index in [-0.39, 0.29) is 5.91 Å². The van der Waals surface area contributed by atoms with Crippen molar-refractivity contribution in [3.05, 3.63) is 16.9 Å². The molecule has 21 heavy (non-hydrogen) atoms. The molecule has 0 fully saturated rings. The summed E-state index contributed by atoms with van der Waals surface area (Å²) in [5, 5.41) is 9.35. The summed E-state index contributed by atoms with van der Waals surface area (Å²) in [6.07, 6.45) is 3.32. The normalized spacial score (nSPS) is 11.0. The number of ether oxygens (including phenoxy) is 1. The smallest absolute Gasteiger partial charge is 0.407 e. The van der Waals surface area contributed by atoms with Crippen molar-refractivity contribution in [3.63, 3.8) is 0 Å². The van der Waals surface area contributed by atoms with Crippen molar-refractivity contribution in [2.75, 3.05) is 13.1 Å². The van der Waals surface area contributed by atoms with Crippen molar-refractivity contribution in [2.24, 2.45) is 0 Å². The van der Waals surface area contributed by atoms with Crippen molar-refractivity contribution in [2.45, 2.75) is 39.3 Å². The molecule has 118 valence electrons. The highest BCUT2D eigenvalue weighted by Crippen LogP contribution is 2.06. The molecule has 7 nitrogen and oxygen atoms in total. The number of halogens is 1. The largest absolute Gasteiger partial charge is 0.444 e. The number of rotatable bonds is 6. The van der Waals surface area contributed by atoms with E-state index < -0.39 is 11.7 Å². The third kappa shape index (κ3) is 8.34. The molecule has 8 heteroatoms. The maximum atomic E-state index is 11.6. The first-order chi connectivity index (χ1) is 9.76. The summed E-state index contributed by atoms with van der Waals surface area (Å²) in [5.41, 5.74) is -0.522. The Balaban J connectivity index is 2.09. The summed E-state index contributed by atoms with van der Waals surface area (Å²) in [6, 6.07) is 0. The fourth-order valence-electron chi connectivity index (χ4n) is 1.45. The van der Waals surface area contributed by atoms with Gasteiger partial charge in [-0.1, -0.05) is 0 Å². The average molecular weight is 361 g/mol. The van der Waals surface area contributed by atoms with E-state index in [9.17, 15) is 9.59 Å². The molecule has 0 aliphatic carbocycles. The summed E-state index contributed by atoms with van der Waals surface area (Å²) in [6.45, 7) is 6.58. The number of hydrogen-bond donors (Lipinski definition) is 2. The van der Waals surface area contributed by atoms with Gasteiger partial charge in [0, 0.05) is 32.3 Å². The van der Waals surface area contributed by atoms with E-state index in [2.05, 4.69) is 31.7 Å². The molecule has 0 atom stereocenters. The number of nitrogens with one attached hydrogen (secondary N) is 2. The summed E-state index contributed by atoms with van der Waals surface area (Å²) >= 11 is 3.29. The topological polar surface area (TPSA) is 85.3 Å². The van der Waals surface area contributed by atoms with Crippen LogP contribution in [0.3, 0.4) is 0 Å². The minimum absolute atomic E-state index is 0.0902. The highest BCUT2D eigenvalue weighted by atomic mass is 79.9. The predicted octanol–water partition coefficient (Wildman–Crippen LogP) is 1.68. The first kappa shape index (κ1) is 17.5. The van der Waals surface area contributed by atoms with E-state index in [1.54, 1.807) is 37.8 Å². The van der Waals surface area contributed by atoms with Gasteiger partial charge in [0.25, 0.3) is 0 Å². The molecule has 1 heterocycles. The number of aryl methyl sites for hydroxylation is 1. The Morgan fingerprint density at radius 2 is 2.00 bits per heavy atom. The van der Waals surface area contributed by atoms with Crippen LogP contribution in [0.4, 0.5) is 4.79 Å². The molecule has 0 saturated heterocycles. The van der Waals surface area contributed by atoms with Crippen LogP contribution in [0.2, 0.25) is 0 Å². The SMILES string of the molecule is CC(C)(C)OC(=O)NCCNC(=O)CCn1cc(Br)cn1. The van der Waals surface area contributed by atoms with Gasteiger partial charge < -0.3 is 15.4 Å². The van der Waals surface area contributed by atoms with Gasteiger partial charge in [-0.15, -0.1) is 0 Å². The van der Waals surface area contributed by atoms with Crippen molar-refractivity contribution >= 4 is 27.9 Å². The second-order valence-corrected chi connectivity index (χ2v) is 6.37. The Hall–Kier alpha value is -1.57. The molecule has 0 spiro atoms. The summed E-state index contributed by atoms with van der Waals surface area (Å²) < 4.78 is 7.64. The van der Waals surface area contributed by atoms with E-state index in [1.165, 1.54) is 0 Å². The number of carbonyl (C=O) groups excluding carboxylic acids is 2. The molecule has 0 aliphatic heterocycles. The molecular weight excluding hydrogens is 340 g/mol. The van der Waals surface area contributed by atoms with Gasteiger partial charge in [-0.2, -0.15) is 5.10 Å². The lowest BCUT2D eigenvalue weighted by atomic mass is 10.2. The van der Waals surface area contributed by atoms with Crippen LogP contribution >= 0.6 is 15.9 Å². The van der Waals surface area contributed by atoms with Crippen LogP contribution in [0.15, 0.2) is 16.9 Å². The maximum absolute atomic E-state index is 11.6. The molecule has 2 amide bonds. The van der Waals surface area contributed by atoms with Crippen molar-refractivity contribution < 1.29 is 14.3 Å². The number of nitrogens with zero attached hydrogens (tertiary/aromatic N) is 2. The minimum Gasteiger partial charge on any atom is -0.444 e. The highest BCUT2D eigenvalue weighted by Gasteiger charge is 2.15. The van der Waals surface area contributed by atoms with Gasteiger partial charge in [-0.3, -0.25) is 9.48 Å². The zero-order valence-corrected chi connectivity index (χ0v) is 14.1. The highest BCUT2D eigenvalue weighted by molar-refractivity contribution is 9.10. The van der Waals surface area contributed by atoms with Gasteiger partial charge in [0.1, 0.15) is 5.60 Å². The van der Waals surface area contributed by atoms with Gasteiger partial charge in [0.05, 0.1) is 10.7 Å². The van der Waals surface area contributed by atoms with Crippen molar-refractivity contribution in [3.8, 4) is 0 Å². The molecule has 0 unspecified atom stereocenters. The standard InChI is InChI=1S/C13H21BrN4O3/c1-13(2,3)21-12(20)16-6-5-15-11(19)4-7-18-9-10(14)8-17-18/h8-9H,4-7H2,1-3H3,(H,15,19)(H,16,20). The van der Waals surface area contributed by atoms with E-state index >= 15 is 0 Å². The van der Waals surface area contributed by atoms with Gasteiger partial charge in [-0.05, 0) is 36.7 Å². The van der Waals surface area contributed by atoms with Gasteiger partial charge in [0.2, 0.25) is 5.91 Å². The van der Waals surface area contributed by atoms with Crippen molar-refractivity contribution in [1.82, 2.24) is 20.4 Å². The molecule has 1 rings (SSSR count). The van der Waals surface area contributed by atoms with E-state index in [4.69, 9.17) is 4.74 Å². The fraction of sp³-hybridized carbons (Fsp3) is 0.615. The molecule has 0 aromatic carbocycles. The molecule has 1 aromatic rings. The molecule has 1 aromatic heterocycles. The quantitative estimate of drug-likeness (QED) is 0.755. The van der Waals surface area contributed by atoms with Gasteiger partial charge in [0.15, 0.2) is 0 Å². The van der Waals surface area contributed by atoms with Crippen LogP contribution in [-0.4, -0.2) is 40.5 Å². The lowest BCUT2D eigenvalue weighted by molar-refractivity contribution is -0.121. The van der Waals surface area contributed by atoms with E-state index in [0.29, 0.717) is 26.1 Å². The molecule has 0 saturated carbocycles. The Morgan fingerprint density at radius 3 is 2.57 bits per heavy atom. The summed E-state index contributed by atoms with van der Waals surface area (Å²) in [5.74, 6) is -0.0902. The van der Waals surface area contributed by atoms with Crippen LogP contribution < -0.4 is 10.6 Å².